The number of aromatic amines is 1. The smallest absolute Gasteiger partial charge is 0.288 e. The van der Waals surface area contributed by atoms with Gasteiger partial charge in [-0.05, 0) is 42.3 Å². The number of rotatable bonds is 4. The molecule has 0 bridgehead atoms. The Kier molecular flexibility index (Phi) is 4.66. The third kappa shape index (κ3) is 3.33. The van der Waals surface area contributed by atoms with Gasteiger partial charge in [0.05, 0.1) is 13.3 Å². The molecule has 0 aliphatic carbocycles. The SMILES string of the molecule is COc1ccc2c(C)c(C(=O)N/N=C\c3ccc(Br)cc3)[nH]c2c1. The highest BCUT2D eigenvalue weighted by Crippen LogP contribution is 2.25. The number of amides is 1. The first-order valence-electron chi connectivity index (χ1n) is 7.34. The van der Waals surface area contributed by atoms with Crippen LogP contribution >= 0.6 is 15.9 Å². The van der Waals surface area contributed by atoms with Gasteiger partial charge >= 0.3 is 0 Å². The lowest BCUT2D eigenvalue weighted by molar-refractivity contribution is 0.0950. The molecule has 0 spiro atoms. The molecule has 1 heterocycles. The predicted octanol–water partition coefficient (Wildman–Crippen LogP) is 4.01. The molecule has 0 unspecified atom stereocenters. The van der Waals surface area contributed by atoms with Crippen molar-refractivity contribution >= 4 is 39.0 Å². The molecular formula is C18H16BrN3O2. The van der Waals surface area contributed by atoms with Crippen molar-refractivity contribution in [3.63, 3.8) is 0 Å². The topological polar surface area (TPSA) is 66.5 Å². The summed E-state index contributed by atoms with van der Waals surface area (Å²) < 4.78 is 6.20. The maximum atomic E-state index is 12.3. The lowest BCUT2D eigenvalue weighted by Crippen LogP contribution is -2.18. The van der Waals surface area contributed by atoms with E-state index >= 15 is 0 Å². The molecule has 1 amide bonds. The van der Waals surface area contributed by atoms with Gasteiger partial charge in [0.2, 0.25) is 0 Å². The summed E-state index contributed by atoms with van der Waals surface area (Å²) in [6, 6.07) is 13.3. The van der Waals surface area contributed by atoms with Crippen molar-refractivity contribution in [2.24, 2.45) is 5.10 Å². The average Bonchev–Trinajstić information content (AvgIpc) is 2.93. The summed E-state index contributed by atoms with van der Waals surface area (Å²) in [7, 11) is 1.61. The minimum atomic E-state index is -0.281. The number of halogens is 1. The van der Waals surface area contributed by atoms with E-state index in [-0.39, 0.29) is 5.91 Å². The zero-order valence-electron chi connectivity index (χ0n) is 13.3. The molecule has 0 aliphatic heterocycles. The summed E-state index contributed by atoms with van der Waals surface area (Å²) in [6.07, 6.45) is 1.60. The summed E-state index contributed by atoms with van der Waals surface area (Å²) in [5, 5.41) is 4.99. The van der Waals surface area contributed by atoms with E-state index in [9.17, 15) is 4.79 Å². The maximum absolute atomic E-state index is 12.3. The molecule has 0 atom stereocenters. The van der Waals surface area contributed by atoms with E-state index in [1.807, 2.05) is 49.4 Å². The van der Waals surface area contributed by atoms with E-state index in [1.54, 1.807) is 13.3 Å². The Balaban J connectivity index is 1.78. The number of methoxy groups -OCH3 is 1. The van der Waals surface area contributed by atoms with E-state index in [4.69, 9.17) is 4.74 Å². The highest BCUT2D eigenvalue weighted by Gasteiger charge is 2.14. The number of benzene rings is 2. The number of H-pyrrole nitrogens is 1. The average molecular weight is 386 g/mol. The third-order valence-corrected chi connectivity index (χ3v) is 4.27. The Morgan fingerprint density at radius 3 is 2.71 bits per heavy atom. The van der Waals surface area contributed by atoms with Crippen LogP contribution in [0, 0.1) is 6.92 Å². The molecule has 0 radical (unpaired) electrons. The van der Waals surface area contributed by atoms with Gasteiger partial charge in [-0.2, -0.15) is 5.10 Å². The first-order valence-corrected chi connectivity index (χ1v) is 8.13. The summed E-state index contributed by atoms with van der Waals surface area (Å²) in [5.41, 5.74) is 5.67. The molecule has 2 N–H and O–H groups in total. The molecule has 0 aliphatic rings. The second kappa shape index (κ2) is 6.88. The largest absolute Gasteiger partial charge is 0.497 e. The van der Waals surface area contributed by atoms with Gasteiger partial charge < -0.3 is 9.72 Å². The monoisotopic (exact) mass is 385 g/mol. The molecule has 5 nitrogen and oxygen atoms in total. The second-order valence-electron chi connectivity index (χ2n) is 5.29. The van der Waals surface area contributed by atoms with E-state index in [1.165, 1.54) is 0 Å². The van der Waals surface area contributed by atoms with E-state index in [2.05, 4.69) is 31.4 Å². The second-order valence-corrected chi connectivity index (χ2v) is 6.20. The molecule has 0 saturated carbocycles. The van der Waals surface area contributed by atoms with Gasteiger partial charge in [-0.15, -0.1) is 0 Å². The Labute approximate surface area is 147 Å². The number of nitrogens with zero attached hydrogens (tertiary/aromatic N) is 1. The van der Waals surface area contributed by atoms with Crippen molar-refractivity contribution in [1.82, 2.24) is 10.4 Å². The van der Waals surface area contributed by atoms with E-state index in [0.29, 0.717) is 5.69 Å². The zero-order chi connectivity index (χ0) is 17.1. The molecule has 6 heteroatoms. The predicted molar refractivity (Wildman–Crippen MR) is 98.8 cm³/mol. The van der Waals surface area contributed by atoms with Gasteiger partial charge in [-0.3, -0.25) is 4.79 Å². The normalized spacial score (nSPS) is 11.1. The standard InChI is InChI=1S/C18H16BrN3O2/c1-11-15-8-7-14(24-2)9-16(15)21-17(11)18(23)22-20-10-12-3-5-13(19)6-4-12/h3-10,21H,1-2H3,(H,22,23)/b20-10-. The quantitative estimate of drug-likeness (QED) is 0.526. The van der Waals surface area contributed by atoms with Crippen LogP contribution in [0.5, 0.6) is 5.75 Å². The maximum Gasteiger partial charge on any atom is 0.288 e. The lowest BCUT2D eigenvalue weighted by atomic mass is 10.1. The van der Waals surface area contributed by atoms with Gasteiger partial charge in [0.15, 0.2) is 0 Å². The summed E-state index contributed by atoms with van der Waals surface area (Å²) in [4.78, 5) is 15.5. The Morgan fingerprint density at radius 2 is 2.00 bits per heavy atom. The fourth-order valence-electron chi connectivity index (χ4n) is 2.44. The summed E-state index contributed by atoms with van der Waals surface area (Å²) >= 11 is 3.38. The number of aryl methyl sites for hydroxylation is 1. The van der Waals surface area contributed by atoms with Gasteiger partial charge in [0, 0.05) is 21.4 Å². The van der Waals surface area contributed by atoms with E-state index in [0.717, 1.165) is 32.3 Å². The summed E-state index contributed by atoms with van der Waals surface area (Å²) in [6.45, 7) is 1.90. The van der Waals surface area contributed by atoms with Gasteiger partial charge in [-0.1, -0.05) is 28.1 Å². The van der Waals surface area contributed by atoms with Crippen LogP contribution in [0.3, 0.4) is 0 Å². The number of carbonyl (C=O) groups excluding carboxylic acids is 1. The van der Waals surface area contributed by atoms with Crippen LogP contribution in [-0.4, -0.2) is 24.2 Å². The van der Waals surface area contributed by atoms with Crippen molar-refractivity contribution in [1.29, 1.82) is 0 Å². The number of fused-ring (bicyclic) bond motifs is 1. The molecular weight excluding hydrogens is 370 g/mol. The fourth-order valence-corrected chi connectivity index (χ4v) is 2.71. The van der Waals surface area contributed by atoms with Gasteiger partial charge in [0.25, 0.3) is 5.91 Å². The fraction of sp³-hybridized carbons (Fsp3) is 0.111. The number of carbonyl (C=O) groups is 1. The van der Waals surface area contributed by atoms with Crippen LogP contribution in [0.15, 0.2) is 52.0 Å². The van der Waals surface area contributed by atoms with Gasteiger partial charge in [0.1, 0.15) is 11.4 Å². The molecule has 24 heavy (non-hydrogen) atoms. The van der Waals surface area contributed by atoms with Crippen molar-refractivity contribution < 1.29 is 9.53 Å². The first kappa shape index (κ1) is 16.3. The molecule has 2 aromatic carbocycles. The van der Waals surface area contributed by atoms with Crippen molar-refractivity contribution in [2.75, 3.05) is 7.11 Å². The van der Waals surface area contributed by atoms with Gasteiger partial charge in [-0.25, -0.2) is 5.43 Å². The van der Waals surface area contributed by atoms with Crippen LogP contribution in [-0.2, 0) is 0 Å². The summed E-state index contributed by atoms with van der Waals surface area (Å²) in [5.74, 6) is 0.458. The van der Waals surface area contributed by atoms with Crippen LogP contribution in [0.25, 0.3) is 10.9 Å². The molecule has 0 fully saturated rings. The molecule has 3 aromatic rings. The molecule has 122 valence electrons. The number of nitrogens with one attached hydrogen (secondary N) is 2. The number of hydrazone groups is 1. The highest BCUT2D eigenvalue weighted by molar-refractivity contribution is 9.10. The lowest BCUT2D eigenvalue weighted by Gasteiger charge is -1.99. The van der Waals surface area contributed by atoms with Crippen LogP contribution in [0.2, 0.25) is 0 Å². The highest BCUT2D eigenvalue weighted by atomic mass is 79.9. The molecule has 0 saturated heterocycles. The molecule has 1 aromatic heterocycles. The Hall–Kier alpha value is -2.60. The van der Waals surface area contributed by atoms with Crippen molar-refractivity contribution in [3.8, 4) is 5.75 Å². The molecule has 3 rings (SSSR count). The van der Waals surface area contributed by atoms with Crippen molar-refractivity contribution in [3.05, 3.63) is 63.8 Å². The van der Waals surface area contributed by atoms with Crippen LogP contribution < -0.4 is 10.2 Å². The van der Waals surface area contributed by atoms with Crippen molar-refractivity contribution in [2.45, 2.75) is 6.92 Å². The third-order valence-electron chi connectivity index (χ3n) is 3.74. The Bertz CT molecular complexity index is 914. The van der Waals surface area contributed by atoms with E-state index < -0.39 is 0 Å². The number of aromatic nitrogens is 1. The first-order chi connectivity index (χ1) is 11.6. The number of ether oxygens (including phenoxy) is 1. The van der Waals surface area contributed by atoms with Crippen LogP contribution in [0.4, 0.5) is 0 Å². The van der Waals surface area contributed by atoms with Crippen LogP contribution in [0.1, 0.15) is 21.6 Å². The zero-order valence-corrected chi connectivity index (χ0v) is 14.8. The minimum absolute atomic E-state index is 0.281. The minimum Gasteiger partial charge on any atom is -0.497 e. The Morgan fingerprint density at radius 1 is 1.25 bits per heavy atom. The number of hydrogen-bond donors (Lipinski definition) is 2. The number of hydrogen-bond acceptors (Lipinski definition) is 3.